The molecule has 1 aliphatic rings. The molecule has 0 saturated heterocycles. The topological polar surface area (TPSA) is 64.6 Å². The van der Waals surface area contributed by atoms with Gasteiger partial charge in [0.25, 0.3) is 5.91 Å². The number of ether oxygens (including phenoxy) is 2. The van der Waals surface area contributed by atoms with Crippen molar-refractivity contribution >= 4 is 11.9 Å². The Balaban J connectivity index is 1.36. The first-order valence-corrected chi connectivity index (χ1v) is 8.58. The van der Waals surface area contributed by atoms with Gasteiger partial charge in [0.2, 0.25) is 0 Å². The van der Waals surface area contributed by atoms with Crippen LogP contribution in [0.1, 0.15) is 28.8 Å². The van der Waals surface area contributed by atoms with E-state index in [1.54, 1.807) is 24.3 Å². The lowest BCUT2D eigenvalue weighted by molar-refractivity contribution is -0.130. The summed E-state index contributed by atoms with van der Waals surface area (Å²) >= 11 is 0. The van der Waals surface area contributed by atoms with Gasteiger partial charge in [-0.3, -0.25) is 4.79 Å². The number of unbranched alkanes of at least 4 members (excludes halogenated alkanes) is 1. The summed E-state index contributed by atoms with van der Waals surface area (Å²) in [4.78, 5) is 24.1. The van der Waals surface area contributed by atoms with E-state index in [0.717, 1.165) is 18.4 Å². The van der Waals surface area contributed by atoms with Gasteiger partial charge in [0.05, 0.1) is 12.2 Å². The number of hydrogen-bond donors (Lipinski definition) is 1. The Hall–Kier alpha value is -2.89. The molecule has 0 aromatic heterocycles. The third kappa shape index (κ3) is 4.59. The summed E-state index contributed by atoms with van der Waals surface area (Å²) in [5.74, 6) is -0.429. The standard InChI is InChI=1S/C20H20FNO4/c21-15-7-9-16(10-8-15)25-12-4-3-11-22-19(23)18-13-14-5-1-2-6-17(14)20(24)26-18/h1-2,5-10,18H,3-4,11-13H2,(H,22,23). The fourth-order valence-electron chi connectivity index (χ4n) is 2.75. The highest BCUT2D eigenvalue weighted by atomic mass is 19.1. The molecule has 1 atom stereocenters. The summed E-state index contributed by atoms with van der Waals surface area (Å²) < 4.78 is 23.5. The summed E-state index contributed by atoms with van der Waals surface area (Å²) in [6.07, 6.45) is 1.07. The molecular weight excluding hydrogens is 337 g/mol. The number of benzene rings is 2. The van der Waals surface area contributed by atoms with Gasteiger partial charge in [-0.25, -0.2) is 9.18 Å². The van der Waals surface area contributed by atoms with Crippen molar-refractivity contribution in [3.63, 3.8) is 0 Å². The number of esters is 1. The van der Waals surface area contributed by atoms with E-state index >= 15 is 0 Å². The van der Waals surface area contributed by atoms with Gasteiger partial charge in [-0.1, -0.05) is 18.2 Å². The Kier molecular flexibility index (Phi) is 5.84. The summed E-state index contributed by atoms with van der Waals surface area (Å²) in [7, 11) is 0. The highest BCUT2D eigenvalue weighted by Gasteiger charge is 2.30. The van der Waals surface area contributed by atoms with Crippen molar-refractivity contribution in [2.75, 3.05) is 13.2 Å². The van der Waals surface area contributed by atoms with Crippen LogP contribution < -0.4 is 10.1 Å². The molecule has 136 valence electrons. The molecule has 5 nitrogen and oxygen atoms in total. The minimum absolute atomic E-state index is 0.285. The highest BCUT2D eigenvalue weighted by Crippen LogP contribution is 2.20. The maximum Gasteiger partial charge on any atom is 0.339 e. The van der Waals surface area contributed by atoms with Gasteiger partial charge >= 0.3 is 5.97 Å². The van der Waals surface area contributed by atoms with Gasteiger partial charge in [0.15, 0.2) is 6.10 Å². The Bertz CT molecular complexity index is 776. The fraction of sp³-hybridized carbons (Fsp3) is 0.300. The third-order valence-electron chi connectivity index (χ3n) is 4.14. The van der Waals surface area contributed by atoms with Crippen LogP contribution in [0, 0.1) is 5.82 Å². The van der Waals surface area contributed by atoms with Crippen LogP contribution in [0.4, 0.5) is 4.39 Å². The van der Waals surface area contributed by atoms with Crippen molar-refractivity contribution in [3.05, 3.63) is 65.5 Å². The molecule has 0 aliphatic carbocycles. The lowest BCUT2D eigenvalue weighted by Gasteiger charge is -2.23. The largest absolute Gasteiger partial charge is 0.494 e. The molecule has 0 fully saturated rings. The maximum absolute atomic E-state index is 12.8. The highest BCUT2D eigenvalue weighted by molar-refractivity contribution is 5.95. The van der Waals surface area contributed by atoms with E-state index in [9.17, 15) is 14.0 Å². The van der Waals surface area contributed by atoms with Crippen LogP contribution >= 0.6 is 0 Å². The third-order valence-corrected chi connectivity index (χ3v) is 4.14. The van der Waals surface area contributed by atoms with E-state index in [1.807, 2.05) is 12.1 Å². The van der Waals surface area contributed by atoms with Crippen LogP contribution in [0.3, 0.4) is 0 Å². The number of rotatable bonds is 7. The molecule has 3 rings (SSSR count). The minimum atomic E-state index is -0.784. The first-order chi connectivity index (χ1) is 12.6. The number of hydrogen-bond acceptors (Lipinski definition) is 4. The zero-order valence-corrected chi connectivity index (χ0v) is 14.2. The molecule has 1 heterocycles. The smallest absolute Gasteiger partial charge is 0.339 e. The van der Waals surface area contributed by atoms with Gasteiger partial charge in [0.1, 0.15) is 11.6 Å². The van der Waals surface area contributed by atoms with Crippen LogP contribution in [0.2, 0.25) is 0 Å². The molecule has 1 amide bonds. The zero-order chi connectivity index (χ0) is 18.4. The lowest BCUT2D eigenvalue weighted by Crippen LogP contribution is -2.42. The normalized spacial score (nSPS) is 15.7. The zero-order valence-electron chi connectivity index (χ0n) is 14.2. The fourth-order valence-corrected chi connectivity index (χ4v) is 2.75. The quantitative estimate of drug-likeness (QED) is 0.611. The second kappa shape index (κ2) is 8.47. The predicted octanol–water partition coefficient (Wildman–Crippen LogP) is 2.88. The maximum atomic E-state index is 12.8. The molecule has 0 saturated carbocycles. The number of cyclic esters (lactones) is 1. The Labute approximate surface area is 151 Å². The molecule has 0 spiro atoms. The first-order valence-electron chi connectivity index (χ1n) is 8.58. The predicted molar refractivity (Wildman–Crippen MR) is 93.5 cm³/mol. The van der Waals surface area contributed by atoms with E-state index in [2.05, 4.69) is 5.32 Å². The molecule has 1 aliphatic heterocycles. The van der Waals surface area contributed by atoms with Gasteiger partial charge in [-0.05, 0) is 48.7 Å². The number of carbonyl (C=O) groups is 2. The van der Waals surface area contributed by atoms with Gasteiger partial charge < -0.3 is 14.8 Å². The molecule has 26 heavy (non-hydrogen) atoms. The summed E-state index contributed by atoms with van der Waals surface area (Å²) in [5, 5.41) is 2.79. The molecular formula is C20H20FNO4. The minimum Gasteiger partial charge on any atom is -0.494 e. The summed E-state index contributed by atoms with van der Waals surface area (Å²) in [6, 6.07) is 13.0. The van der Waals surface area contributed by atoms with E-state index in [1.165, 1.54) is 12.1 Å². The van der Waals surface area contributed by atoms with Crippen LogP contribution in [-0.4, -0.2) is 31.1 Å². The van der Waals surface area contributed by atoms with Crippen LogP contribution in [0.5, 0.6) is 5.75 Å². The van der Waals surface area contributed by atoms with E-state index < -0.39 is 12.1 Å². The Morgan fingerprint density at radius 2 is 1.92 bits per heavy atom. The number of carbonyl (C=O) groups excluding carboxylic acids is 2. The van der Waals surface area contributed by atoms with Crippen LogP contribution in [-0.2, 0) is 16.0 Å². The summed E-state index contributed by atoms with van der Waals surface area (Å²) in [5.41, 5.74) is 1.35. The number of halogens is 1. The van der Waals surface area contributed by atoms with Crippen molar-refractivity contribution in [3.8, 4) is 5.75 Å². The molecule has 1 N–H and O–H groups in total. The average molecular weight is 357 g/mol. The molecule has 2 aromatic rings. The van der Waals surface area contributed by atoms with E-state index in [0.29, 0.717) is 30.9 Å². The lowest BCUT2D eigenvalue weighted by atomic mass is 9.98. The molecule has 0 bridgehead atoms. The van der Waals surface area contributed by atoms with Crippen molar-refractivity contribution in [2.45, 2.75) is 25.4 Å². The molecule has 6 heteroatoms. The van der Waals surface area contributed by atoms with Crippen molar-refractivity contribution in [2.24, 2.45) is 0 Å². The Morgan fingerprint density at radius 3 is 2.73 bits per heavy atom. The Morgan fingerprint density at radius 1 is 1.15 bits per heavy atom. The van der Waals surface area contributed by atoms with Gasteiger partial charge in [0, 0.05) is 13.0 Å². The molecule has 2 aromatic carbocycles. The summed E-state index contributed by atoms with van der Waals surface area (Å²) in [6.45, 7) is 0.953. The van der Waals surface area contributed by atoms with E-state index in [-0.39, 0.29) is 11.7 Å². The molecule has 0 radical (unpaired) electrons. The van der Waals surface area contributed by atoms with Crippen molar-refractivity contribution in [1.29, 1.82) is 0 Å². The van der Waals surface area contributed by atoms with E-state index in [4.69, 9.17) is 9.47 Å². The van der Waals surface area contributed by atoms with Crippen LogP contribution in [0.15, 0.2) is 48.5 Å². The van der Waals surface area contributed by atoms with Crippen LogP contribution in [0.25, 0.3) is 0 Å². The van der Waals surface area contributed by atoms with Crippen molar-refractivity contribution in [1.82, 2.24) is 5.32 Å². The number of amides is 1. The monoisotopic (exact) mass is 357 g/mol. The van der Waals surface area contributed by atoms with Gasteiger partial charge in [-0.15, -0.1) is 0 Å². The van der Waals surface area contributed by atoms with Gasteiger partial charge in [-0.2, -0.15) is 0 Å². The second-order valence-electron chi connectivity index (χ2n) is 6.06. The second-order valence-corrected chi connectivity index (χ2v) is 6.06. The molecule has 1 unspecified atom stereocenters. The first kappa shape index (κ1) is 17.9. The SMILES string of the molecule is O=C1OC(C(=O)NCCCCOc2ccc(F)cc2)Cc2ccccc21. The number of nitrogens with one attached hydrogen (secondary N) is 1. The number of fused-ring (bicyclic) bond motifs is 1. The average Bonchev–Trinajstić information content (AvgIpc) is 2.65. The van der Waals surface area contributed by atoms with Crippen molar-refractivity contribution < 1.29 is 23.5 Å².